The van der Waals surface area contributed by atoms with Crippen LogP contribution in [0.5, 0.6) is 5.75 Å². The van der Waals surface area contributed by atoms with E-state index in [1.54, 1.807) is 36.4 Å². The van der Waals surface area contributed by atoms with Crippen molar-refractivity contribution in [2.75, 3.05) is 12.4 Å². The van der Waals surface area contributed by atoms with Gasteiger partial charge < -0.3 is 19.2 Å². The van der Waals surface area contributed by atoms with Gasteiger partial charge in [-0.25, -0.2) is 4.79 Å². The normalized spacial score (nSPS) is 10.4. The molecule has 3 rings (SSSR count). The van der Waals surface area contributed by atoms with Crippen LogP contribution in [-0.2, 0) is 11.3 Å². The maximum atomic E-state index is 12.5. The maximum Gasteiger partial charge on any atom is 0.339 e. The molecule has 6 heteroatoms. The minimum Gasteiger partial charge on any atom is -0.485 e. The molecule has 0 unspecified atom stereocenters. The molecule has 0 radical (unpaired) electrons. The fourth-order valence-corrected chi connectivity index (χ4v) is 2.65. The SMILES string of the molecule is COC(=O)c1ccccc1NC(=O)c1ccc(COc2cc(C)ccc2C)o1. The van der Waals surface area contributed by atoms with Crippen molar-refractivity contribution >= 4 is 17.6 Å². The van der Waals surface area contributed by atoms with Gasteiger partial charge in [0.1, 0.15) is 18.1 Å². The van der Waals surface area contributed by atoms with Crippen molar-refractivity contribution in [1.29, 1.82) is 0 Å². The van der Waals surface area contributed by atoms with Crippen LogP contribution in [-0.4, -0.2) is 19.0 Å². The third-order valence-corrected chi connectivity index (χ3v) is 4.18. The van der Waals surface area contributed by atoms with Crippen LogP contribution in [0.15, 0.2) is 59.0 Å². The van der Waals surface area contributed by atoms with E-state index in [0.717, 1.165) is 16.9 Å². The topological polar surface area (TPSA) is 77.8 Å². The van der Waals surface area contributed by atoms with Crippen molar-refractivity contribution in [2.45, 2.75) is 20.5 Å². The number of hydrogen-bond donors (Lipinski definition) is 1. The first-order valence-electron chi connectivity index (χ1n) is 8.75. The number of ether oxygens (including phenoxy) is 2. The molecule has 0 spiro atoms. The summed E-state index contributed by atoms with van der Waals surface area (Å²) in [6.45, 7) is 4.17. The Kier molecular flexibility index (Phi) is 5.79. The van der Waals surface area contributed by atoms with Gasteiger partial charge in [0.15, 0.2) is 5.76 Å². The molecule has 1 heterocycles. The van der Waals surface area contributed by atoms with Crippen molar-refractivity contribution in [3.63, 3.8) is 0 Å². The molecule has 0 atom stereocenters. The van der Waals surface area contributed by atoms with Gasteiger partial charge in [-0.15, -0.1) is 0 Å². The monoisotopic (exact) mass is 379 g/mol. The zero-order valence-electron chi connectivity index (χ0n) is 15.9. The number of nitrogens with one attached hydrogen (secondary N) is 1. The molecule has 6 nitrogen and oxygen atoms in total. The van der Waals surface area contributed by atoms with Gasteiger partial charge in [0, 0.05) is 0 Å². The van der Waals surface area contributed by atoms with Crippen LogP contribution >= 0.6 is 0 Å². The number of carbonyl (C=O) groups is 2. The van der Waals surface area contributed by atoms with E-state index in [9.17, 15) is 9.59 Å². The number of rotatable bonds is 6. The van der Waals surface area contributed by atoms with Crippen LogP contribution in [0.1, 0.15) is 37.8 Å². The summed E-state index contributed by atoms with van der Waals surface area (Å²) in [6.07, 6.45) is 0. The van der Waals surface area contributed by atoms with E-state index < -0.39 is 11.9 Å². The van der Waals surface area contributed by atoms with Crippen LogP contribution in [0.2, 0.25) is 0 Å². The smallest absolute Gasteiger partial charge is 0.339 e. The van der Waals surface area contributed by atoms with Gasteiger partial charge in [0.2, 0.25) is 0 Å². The summed E-state index contributed by atoms with van der Waals surface area (Å²) < 4.78 is 16.1. The van der Waals surface area contributed by atoms with E-state index >= 15 is 0 Å². The van der Waals surface area contributed by atoms with Crippen molar-refractivity contribution < 1.29 is 23.5 Å². The molecule has 0 aliphatic carbocycles. The van der Waals surface area contributed by atoms with Crippen LogP contribution in [0.25, 0.3) is 0 Å². The zero-order valence-corrected chi connectivity index (χ0v) is 15.9. The molecule has 0 saturated carbocycles. The summed E-state index contributed by atoms with van der Waals surface area (Å²) in [5, 5.41) is 2.67. The molecule has 28 heavy (non-hydrogen) atoms. The summed E-state index contributed by atoms with van der Waals surface area (Å²) in [5.74, 6) is 0.424. The molecule has 0 fully saturated rings. The van der Waals surface area contributed by atoms with Crippen LogP contribution in [0.4, 0.5) is 5.69 Å². The number of esters is 1. The molecule has 0 aliphatic heterocycles. The average molecular weight is 379 g/mol. The van der Waals surface area contributed by atoms with E-state index in [4.69, 9.17) is 13.9 Å². The van der Waals surface area contributed by atoms with Gasteiger partial charge in [-0.1, -0.05) is 24.3 Å². The third-order valence-electron chi connectivity index (χ3n) is 4.18. The van der Waals surface area contributed by atoms with Gasteiger partial charge in [0.25, 0.3) is 5.91 Å². The van der Waals surface area contributed by atoms with Crippen LogP contribution in [0.3, 0.4) is 0 Å². The predicted molar refractivity (Wildman–Crippen MR) is 105 cm³/mol. The highest BCUT2D eigenvalue weighted by atomic mass is 16.5. The predicted octanol–water partition coefficient (Wildman–Crippen LogP) is 4.51. The first-order chi connectivity index (χ1) is 13.5. The molecule has 0 aliphatic rings. The van der Waals surface area contributed by atoms with Crippen LogP contribution in [0, 0.1) is 13.8 Å². The molecule has 2 aromatic carbocycles. The first kappa shape index (κ1) is 19.2. The largest absolute Gasteiger partial charge is 0.485 e. The second kappa shape index (κ2) is 8.43. The molecule has 1 N–H and O–H groups in total. The summed E-state index contributed by atoms with van der Waals surface area (Å²) in [5.41, 5.74) is 2.74. The lowest BCUT2D eigenvalue weighted by molar-refractivity contribution is 0.0602. The van der Waals surface area contributed by atoms with E-state index in [2.05, 4.69) is 5.32 Å². The maximum absolute atomic E-state index is 12.5. The molecule has 1 amide bonds. The number of aryl methyl sites for hydroxylation is 2. The van der Waals surface area contributed by atoms with E-state index in [1.165, 1.54) is 7.11 Å². The van der Waals surface area contributed by atoms with Gasteiger partial charge in [-0.05, 0) is 55.3 Å². The number of carbonyl (C=O) groups excluding carboxylic acids is 2. The Morgan fingerprint density at radius 1 is 1.04 bits per heavy atom. The van der Waals surface area contributed by atoms with Gasteiger partial charge >= 0.3 is 5.97 Å². The lowest BCUT2D eigenvalue weighted by Crippen LogP contribution is -2.14. The Morgan fingerprint density at radius 3 is 2.61 bits per heavy atom. The average Bonchev–Trinajstić information content (AvgIpc) is 3.17. The number of methoxy groups -OCH3 is 1. The summed E-state index contributed by atoms with van der Waals surface area (Å²) in [4.78, 5) is 24.3. The molecule has 1 aromatic heterocycles. The summed E-state index contributed by atoms with van der Waals surface area (Å²) in [7, 11) is 1.29. The number of hydrogen-bond acceptors (Lipinski definition) is 5. The van der Waals surface area contributed by atoms with Crippen molar-refractivity contribution in [3.8, 4) is 5.75 Å². The molecule has 3 aromatic rings. The number of para-hydroxylation sites is 1. The highest BCUT2D eigenvalue weighted by molar-refractivity contribution is 6.06. The second-order valence-electron chi connectivity index (χ2n) is 6.31. The number of furan rings is 1. The fourth-order valence-electron chi connectivity index (χ4n) is 2.65. The summed E-state index contributed by atoms with van der Waals surface area (Å²) >= 11 is 0. The standard InChI is InChI=1S/C22H21NO5/c1-14-8-9-15(2)20(12-14)27-13-16-10-11-19(28-16)21(24)23-18-7-5-4-6-17(18)22(25)26-3/h4-12H,13H2,1-3H3,(H,23,24). The quantitative estimate of drug-likeness (QED) is 0.638. The Balaban J connectivity index is 1.68. The highest BCUT2D eigenvalue weighted by Crippen LogP contribution is 2.22. The first-order valence-corrected chi connectivity index (χ1v) is 8.75. The van der Waals surface area contributed by atoms with Crippen LogP contribution < -0.4 is 10.1 Å². The van der Waals surface area contributed by atoms with Gasteiger partial charge in [-0.3, -0.25) is 4.79 Å². The lowest BCUT2D eigenvalue weighted by atomic mass is 10.1. The fraction of sp³-hybridized carbons (Fsp3) is 0.182. The lowest BCUT2D eigenvalue weighted by Gasteiger charge is -2.09. The number of anilines is 1. The Bertz CT molecular complexity index is 1010. The van der Waals surface area contributed by atoms with E-state index in [1.807, 2.05) is 32.0 Å². The van der Waals surface area contributed by atoms with Crippen molar-refractivity contribution in [3.05, 3.63) is 82.8 Å². The summed E-state index contributed by atoms with van der Waals surface area (Å²) in [6, 6.07) is 15.8. The minimum absolute atomic E-state index is 0.124. The Morgan fingerprint density at radius 2 is 1.82 bits per heavy atom. The van der Waals surface area contributed by atoms with Crippen molar-refractivity contribution in [2.24, 2.45) is 0 Å². The Hall–Kier alpha value is -3.54. The van der Waals surface area contributed by atoms with E-state index in [-0.39, 0.29) is 17.9 Å². The highest BCUT2D eigenvalue weighted by Gasteiger charge is 2.17. The molecule has 0 saturated heterocycles. The minimum atomic E-state index is -0.530. The number of benzene rings is 2. The molecule has 0 bridgehead atoms. The Labute approximate surface area is 163 Å². The zero-order chi connectivity index (χ0) is 20.1. The molecular weight excluding hydrogens is 358 g/mol. The molecular formula is C22H21NO5. The van der Waals surface area contributed by atoms with Gasteiger partial charge in [-0.2, -0.15) is 0 Å². The number of amides is 1. The van der Waals surface area contributed by atoms with Gasteiger partial charge in [0.05, 0.1) is 18.4 Å². The third kappa shape index (κ3) is 4.40. The molecule has 144 valence electrons. The van der Waals surface area contributed by atoms with E-state index in [0.29, 0.717) is 11.4 Å². The second-order valence-corrected chi connectivity index (χ2v) is 6.31. The van der Waals surface area contributed by atoms with Crippen molar-refractivity contribution in [1.82, 2.24) is 0 Å².